The minimum atomic E-state index is -0.713. The first kappa shape index (κ1) is 28.6. The molecule has 0 unspecified atom stereocenters. The van der Waals surface area contributed by atoms with Crippen molar-refractivity contribution in [2.45, 2.75) is 13.0 Å². The molecule has 0 atom stereocenters. The van der Waals surface area contributed by atoms with Crippen LogP contribution in [-0.2, 0) is 13.0 Å². The van der Waals surface area contributed by atoms with Gasteiger partial charge in [-0.15, -0.1) is 11.3 Å². The highest BCUT2D eigenvalue weighted by Gasteiger charge is 2.17. The van der Waals surface area contributed by atoms with Crippen LogP contribution in [0.3, 0.4) is 0 Å². The summed E-state index contributed by atoms with van der Waals surface area (Å²) in [6.07, 6.45) is 4.94. The number of halogens is 1. The number of amides is 2. The molecule has 0 spiro atoms. The molecule has 0 saturated heterocycles. The molecule has 2 amide bonds. The average molecular weight is 604 g/mol. The molecule has 3 aromatic carbocycles. The van der Waals surface area contributed by atoms with Crippen molar-refractivity contribution < 1.29 is 14.0 Å². The second-order valence-electron chi connectivity index (χ2n) is 10.1. The molecule has 0 aliphatic heterocycles. The van der Waals surface area contributed by atoms with Crippen molar-refractivity contribution in [2.24, 2.45) is 0 Å². The number of carbonyl (C=O) groups is 2. The Kier molecular flexibility index (Phi) is 8.07. The van der Waals surface area contributed by atoms with Gasteiger partial charge in [0.15, 0.2) is 5.69 Å². The highest BCUT2D eigenvalue weighted by Crippen LogP contribution is 2.35. The number of thiophene rings is 1. The van der Waals surface area contributed by atoms with E-state index in [2.05, 4.69) is 20.6 Å². The van der Waals surface area contributed by atoms with E-state index in [0.717, 1.165) is 31.8 Å². The van der Waals surface area contributed by atoms with E-state index in [1.165, 1.54) is 23.0 Å². The van der Waals surface area contributed by atoms with Crippen LogP contribution in [0.15, 0.2) is 108 Å². The number of nitrogens with one attached hydrogen (secondary N) is 2. The Labute approximate surface area is 255 Å². The van der Waals surface area contributed by atoms with Crippen LogP contribution in [0.25, 0.3) is 20.7 Å². The van der Waals surface area contributed by atoms with Crippen LogP contribution >= 0.6 is 11.3 Å². The Balaban J connectivity index is 1.19. The van der Waals surface area contributed by atoms with Crippen LogP contribution in [0.2, 0.25) is 0 Å². The van der Waals surface area contributed by atoms with Crippen molar-refractivity contribution >= 4 is 39.1 Å². The summed E-state index contributed by atoms with van der Waals surface area (Å²) in [5.41, 5.74) is 4.01. The van der Waals surface area contributed by atoms with E-state index >= 15 is 4.39 Å². The summed E-state index contributed by atoms with van der Waals surface area (Å²) < 4.78 is 17.6. The number of hydrogen-bond donors (Lipinski definition) is 2. The predicted octanol–water partition coefficient (Wildman–Crippen LogP) is 5.91. The van der Waals surface area contributed by atoms with Crippen molar-refractivity contribution in [1.82, 2.24) is 19.9 Å². The third kappa shape index (κ3) is 6.02. The molecule has 0 aliphatic rings. The Hall–Kier alpha value is -5.48. The zero-order valence-electron chi connectivity index (χ0n) is 23.6. The van der Waals surface area contributed by atoms with E-state index in [4.69, 9.17) is 0 Å². The molecule has 6 aromatic rings. The first-order valence-corrected chi connectivity index (χ1v) is 14.6. The lowest BCUT2D eigenvalue weighted by Crippen LogP contribution is -2.30. The Bertz CT molecular complexity index is 2060. The minimum absolute atomic E-state index is 0.150. The normalized spacial score (nSPS) is 11.0. The van der Waals surface area contributed by atoms with Gasteiger partial charge in [-0.3, -0.25) is 19.4 Å². The van der Waals surface area contributed by atoms with Gasteiger partial charge in [0.25, 0.3) is 17.4 Å². The van der Waals surface area contributed by atoms with E-state index in [1.54, 1.807) is 48.8 Å². The Morgan fingerprint density at radius 1 is 0.886 bits per heavy atom. The maximum atomic E-state index is 15.3. The molecule has 0 bridgehead atoms. The van der Waals surface area contributed by atoms with Gasteiger partial charge in [-0.1, -0.05) is 48.5 Å². The highest BCUT2D eigenvalue weighted by atomic mass is 32.1. The molecule has 3 heterocycles. The number of hydrogen-bond acceptors (Lipinski definition) is 6. The third-order valence-corrected chi connectivity index (χ3v) is 8.42. The van der Waals surface area contributed by atoms with Crippen molar-refractivity contribution in [3.8, 4) is 10.4 Å². The van der Waals surface area contributed by atoms with Crippen molar-refractivity contribution in [2.75, 3.05) is 12.4 Å². The number of fused-ring (bicyclic) bond motifs is 1. The number of aromatic nitrogens is 3. The molecular formula is C34H26FN5O3S. The standard InChI is InChI=1S/C34H26FN5O3S/c1-36-32(41)23-9-7-22(8-10-23)29-19-28-31(44-29)25(13-14-37-28)17-24-11-12-26(18-27(24)35)39-33(42)30-34(43)40(16-15-38-30)20-21-5-3-2-4-6-21/h2-16,18-19H,17,20H2,1H3,(H,36,41)(H,39,42). The lowest BCUT2D eigenvalue weighted by molar-refractivity contribution is 0.0962. The number of rotatable bonds is 8. The summed E-state index contributed by atoms with van der Waals surface area (Å²) >= 11 is 1.55. The smallest absolute Gasteiger partial charge is 0.282 e. The van der Waals surface area contributed by atoms with E-state index in [0.29, 0.717) is 24.1 Å². The summed E-state index contributed by atoms with van der Waals surface area (Å²) in [6, 6.07) is 25.1. The fourth-order valence-electron chi connectivity index (χ4n) is 4.87. The van der Waals surface area contributed by atoms with Gasteiger partial charge in [0.2, 0.25) is 0 Å². The first-order chi connectivity index (χ1) is 21.4. The summed E-state index contributed by atoms with van der Waals surface area (Å²) in [5.74, 6) is -1.35. The van der Waals surface area contributed by atoms with Gasteiger partial charge in [-0.2, -0.15) is 0 Å². The fraction of sp³-hybridized carbons (Fsp3) is 0.0882. The lowest BCUT2D eigenvalue weighted by atomic mass is 10.0. The van der Waals surface area contributed by atoms with Gasteiger partial charge in [0, 0.05) is 48.2 Å². The summed E-state index contributed by atoms with van der Waals surface area (Å²) in [4.78, 5) is 47.2. The van der Waals surface area contributed by atoms with Crippen LogP contribution in [0.1, 0.15) is 37.5 Å². The Morgan fingerprint density at radius 2 is 1.68 bits per heavy atom. The van der Waals surface area contributed by atoms with Crippen LogP contribution in [0.5, 0.6) is 0 Å². The Morgan fingerprint density at radius 3 is 2.43 bits per heavy atom. The quantitative estimate of drug-likeness (QED) is 0.225. The topological polar surface area (TPSA) is 106 Å². The van der Waals surface area contributed by atoms with E-state index < -0.39 is 17.3 Å². The zero-order valence-corrected chi connectivity index (χ0v) is 24.4. The molecule has 0 saturated carbocycles. The maximum absolute atomic E-state index is 15.3. The molecule has 10 heteroatoms. The maximum Gasteiger partial charge on any atom is 0.282 e. The molecule has 218 valence electrons. The molecule has 0 fully saturated rings. The SMILES string of the molecule is CNC(=O)c1ccc(-c2cc3nccc(Cc4ccc(NC(=O)c5nccn(Cc6ccccc6)c5=O)cc4F)c3s2)cc1. The molecule has 2 N–H and O–H groups in total. The average Bonchev–Trinajstić information content (AvgIpc) is 3.49. The van der Waals surface area contributed by atoms with Crippen LogP contribution < -0.4 is 16.2 Å². The summed E-state index contributed by atoms with van der Waals surface area (Å²) in [7, 11) is 1.59. The van der Waals surface area contributed by atoms with Crippen LogP contribution in [0.4, 0.5) is 10.1 Å². The third-order valence-electron chi connectivity index (χ3n) is 7.17. The van der Waals surface area contributed by atoms with Crippen molar-refractivity contribution in [3.63, 3.8) is 0 Å². The fourth-order valence-corrected chi connectivity index (χ4v) is 6.01. The van der Waals surface area contributed by atoms with Gasteiger partial charge in [-0.05, 0) is 58.7 Å². The molecule has 0 aliphatic carbocycles. The van der Waals surface area contributed by atoms with E-state index in [-0.39, 0.29) is 17.3 Å². The highest BCUT2D eigenvalue weighted by molar-refractivity contribution is 7.22. The molecule has 6 rings (SSSR count). The van der Waals surface area contributed by atoms with Crippen molar-refractivity contribution in [3.05, 3.63) is 148 Å². The van der Waals surface area contributed by atoms with Crippen LogP contribution in [0, 0.1) is 5.82 Å². The van der Waals surface area contributed by atoms with Gasteiger partial charge in [0.05, 0.1) is 16.8 Å². The van der Waals surface area contributed by atoms with Crippen LogP contribution in [-0.4, -0.2) is 33.4 Å². The van der Waals surface area contributed by atoms with Gasteiger partial charge in [0.1, 0.15) is 5.82 Å². The summed E-state index contributed by atoms with van der Waals surface area (Å²) in [5, 5.41) is 5.21. The molecule has 0 radical (unpaired) electrons. The first-order valence-electron chi connectivity index (χ1n) is 13.8. The van der Waals surface area contributed by atoms with Gasteiger partial charge < -0.3 is 15.2 Å². The number of carbonyl (C=O) groups excluding carboxylic acids is 2. The number of benzene rings is 3. The minimum Gasteiger partial charge on any atom is -0.355 e. The van der Waals surface area contributed by atoms with Gasteiger partial charge in [-0.25, -0.2) is 9.37 Å². The predicted molar refractivity (Wildman–Crippen MR) is 170 cm³/mol. The molecule has 44 heavy (non-hydrogen) atoms. The largest absolute Gasteiger partial charge is 0.355 e. The molecule has 8 nitrogen and oxygen atoms in total. The van der Waals surface area contributed by atoms with Crippen molar-refractivity contribution in [1.29, 1.82) is 0 Å². The number of anilines is 1. The lowest BCUT2D eigenvalue weighted by Gasteiger charge is -2.10. The monoisotopic (exact) mass is 603 g/mol. The second kappa shape index (κ2) is 12.4. The van der Waals surface area contributed by atoms with Gasteiger partial charge >= 0.3 is 0 Å². The summed E-state index contributed by atoms with van der Waals surface area (Å²) in [6.45, 7) is 0.295. The van der Waals surface area contributed by atoms with E-state index in [1.807, 2.05) is 54.6 Å². The molecular weight excluding hydrogens is 577 g/mol. The molecule has 3 aromatic heterocycles. The van der Waals surface area contributed by atoms with E-state index in [9.17, 15) is 14.4 Å². The second-order valence-corrected chi connectivity index (χ2v) is 11.1. The zero-order chi connectivity index (χ0) is 30.6. The number of pyridine rings is 1. The number of nitrogens with zero attached hydrogens (tertiary/aromatic N) is 3.